The Balaban J connectivity index is 0. The van der Waals surface area contributed by atoms with Crippen LogP contribution in [0.1, 0.15) is 32.6 Å². The lowest BCUT2D eigenvalue weighted by Gasteiger charge is -2.12. The molecule has 0 radical (unpaired) electrons. The van der Waals surface area contributed by atoms with Crippen LogP contribution in [0.25, 0.3) is 0 Å². The van der Waals surface area contributed by atoms with Gasteiger partial charge in [0.05, 0.1) is 19.5 Å². The van der Waals surface area contributed by atoms with E-state index in [0.717, 1.165) is 32.4 Å². The number of aliphatic carboxylic acids is 1. The van der Waals surface area contributed by atoms with Gasteiger partial charge in [0.1, 0.15) is 0 Å². The lowest BCUT2D eigenvalue weighted by atomic mass is 9.97. The van der Waals surface area contributed by atoms with Gasteiger partial charge in [-0.1, -0.05) is 19.1 Å². The Hall–Kier alpha value is -0.800. The van der Waals surface area contributed by atoms with Crippen LogP contribution < -0.4 is 17.7 Å². The van der Waals surface area contributed by atoms with Crippen LogP contribution in [0.3, 0.4) is 0 Å². The third-order valence-electron chi connectivity index (χ3n) is 2.87. The van der Waals surface area contributed by atoms with Crippen LogP contribution >= 0.6 is 0 Å². The molecule has 0 rings (SSSR count). The van der Waals surface area contributed by atoms with E-state index in [2.05, 4.69) is 18.5 Å². The van der Waals surface area contributed by atoms with Gasteiger partial charge in [-0.15, -0.1) is 13.2 Å². The van der Waals surface area contributed by atoms with E-state index < -0.39 is 5.97 Å². The molecule has 0 aromatic carbocycles. The summed E-state index contributed by atoms with van der Waals surface area (Å²) in [6, 6.07) is 0. The van der Waals surface area contributed by atoms with Crippen molar-refractivity contribution in [3.8, 4) is 0 Å². The molecule has 0 aliphatic carbocycles. The molecular formula is C14H26ClNO2. The lowest BCUT2D eigenvalue weighted by molar-refractivity contribution is -0.660. The normalized spacial score (nSPS) is 11.7. The first-order chi connectivity index (χ1) is 8.10. The molecule has 0 aliphatic heterocycles. The molecule has 0 saturated carbocycles. The predicted molar refractivity (Wildman–Crippen MR) is 70.8 cm³/mol. The second-order valence-electron chi connectivity index (χ2n) is 4.72. The minimum atomic E-state index is -0.706. The summed E-state index contributed by atoms with van der Waals surface area (Å²) in [4.78, 5) is 10.5. The Bertz CT molecular complexity index is 234. The zero-order chi connectivity index (χ0) is 13.1. The molecule has 0 aromatic heterocycles. The van der Waals surface area contributed by atoms with Crippen molar-refractivity contribution in [2.75, 3.05) is 13.1 Å². The summed E-state index contributed by atoms with van der Waals surface area (Å²) < 4.78 is 0. The van der Waals surface area contributed by atoms with Crippen molar-refractivity contribution in [1.29, 1.82) is 0 Å². The second kappa shape index (κ2) is 12.7. The van der Waals surface area contributed by atoms with Crippen molar-refractivity contribution in [2.45, 2.75) is 32.6 Å². The topological polar surface area (TPSA) is 53.9 Å². The third-order valence-corrected chi connectivity index (χ3v) is 2.87. The molecular weight excluding hydrogens is 250 g/mol. The van der Waals surface area contributed by atoms with Gasteiger partial charge in [-0.05, 0) is 25.2 Å². The highest BCUT2D eigenvalue weighted by atomic mass is 35.5. The molecule has 3 N–H and O–H groups in total. The first kappa shape index (κ1) is 19.5. The molecule has 0 spiro atoms. The Morgan fingerprint density at radius 1 is 1.33 bits per heavy atom. The molecule has 0 bridgehead atoms. The average molecular weight is 276 g/mol. The van der Waals surface area contributed by atoms with Gasteiger partial charge in [0.2, 0.25) is 0 Å². The fraction of sp³-hybridized carbons (Fsp3) is 0.643. The molecule has 0 heterocycles. The third kappa shape index (κ3) is 11.7. The number of quaternary nitrogens is 1. The summed E-state index contributed by atoms with van der Waals surface area (Å²) in [5, 5.41) is 10.8. The van der Waals surface area contributed by atoms with Gasteiger partial charge >= 0.3 is 5.97 Å². The molecule has 106 valence electrons. The fourth-order valence-corrected chi connectivity index (χ4v) is 1.94. The molecule has 0 saturated heterocycles. The second-order valence-corrected chi connectivity index (χ2v) is 4.72. The summed E-state index contributed by atoms with van der Waals surface area (Å²) in [5.74, 6) is 0.169. The number of carbonyl (C=O) groups is 1. The molecule has 4 heteroatoms. The summed E-state index contributed by atoms with van der Waals surface area (Å²) in [6.45, 7) is 11.4. The smallest absolute Gasteiger partial charge is 0.303 e. The zero-order valence-corrected chi connectivity index (χ0v) is 12.0. The molecule has 1 atom stereocenters. The average Bonchev–Trinajstić information content (AvgIpc) is 2.24. The minimum absolute atomic E-state index is 0. The first-order valence-electron chi connectivity index (χ1n) is 6.35. The van der Waals surface area contributed by atoms with Gasteiger partial charge in [-0.2, -0.15) is 0 Å². The van der Waals surface area contributed by atoms with E-state index in [0.29, 0.717) is 5.92 Å². The molecule has 0 aliphatic rings. The Morgan fingerprint density at radius 2 is 1.89 bits per heavy atom. The van der Waals surface area contributed by atoms with E-state index in [9.17, 15) is 4.79 Å². The van der Waals surface area contributed by atoms with Crippen molar-refractivity contribution in [3.05, 3.63) is 25.3 Å². The maximum Gasteiger partial charge on any atom is 0.303 e. The highest BCUT2D eigenvalue weighted by molar-refractivity contribution is 5.66. The minimum Gasteiger partial charge on any atom is -1.00 e. The van der Waals surface area contributed by atoms with Crippen molar-refractivity contribution >= 4 is 5.97 Å². The lowest BCUT2D eigenvalue weighted by Crippen LogP contribution is -3.00. The van der Waals surface area contributed by atoms with E-state index in [1.165, 1.54) is 0 Å². The Kier molecular flexibility index (Phi) is 13.7. The van der Waals surface area contributed by atoms with Crippen LogP contribution in [0.4, 0.5) is 0 Å². The highest BCUT2D eigenvalue weighted by Gasteiger charge is 2.10. The van der Waals surface area contributed by atoms with Crippen molar-refractivity contribution < 1.29 is 27.6 Å². The van der Waals surface area contributed by atoms with Crippen LogP contribution in [0.15, 0.2) is 25.3 Å². The first-order valence-corrected chi connectivity index (χ1v) is 6.35. The molecule has 3 nitrogen and oxygen atoms in total. The van der Waals surface area contributed by atoms with Crippen molar-refractivity contribution in [1.82, 2.24) is 0 Å². The summed E-state index contributed by atoms with van der Waals surface area (Å²) in [6.07, 6.45) is 7.38. The van der Waals surface area contributed by atoms with E-state index in [4.69, 9.17) is 5.11 Å². The molecule has 0 amide bonds. The van der Waals surface area contributed by atoms with E-state index >= 15 is 0 Å². The van der Waals surface area contributed by atoms with Crippen molar-refractivity contribution in [2.24, 2.45) is 11.8 Å². The highest BCUT2D eigenvalue weighted by Crippen LogP contribution is 2.12. The summed E-state index contributed by atoms with van der Waals surface area (Å²) in [7, 11) is 0. The number of hydrogen-bond acceptors (Lipinski definition) is 1. The number of allylic oxidation sites excluding steroid dienone is 2. The quantitative estimate of drug-likeness (QED) is 0.369. The number of rotatable bonds is 11. The molecule has 0 fully saturated rings. The molecule has 0 aromatic rings. The van der Waals surface area contributed by atoms with Crippen molar-refractivity contribution in [3.63, 3.8) is 0 Å². The monoisotopic (exact) mass is 275 g/mol. The van der Waals surface area contributed by atoms with Gasteiger partial charge in [0, 0.05) is 5.92 Å². The van der Waals surface area contributed by atoms with Crippen LogP contribution in [0.2, 0.25) is 0 Å². The Morgan fingerprint density at radius 3 is 2.33 bits per heavy atom. The van der Waals surface area contributed by atoms with E-state index in [1.54, 1.807) is 0 Å². The summed E-state index contributed by atoms with van der Waals surface area (Å²) >= 11 is 0. The van der Waals surface area contributed by atoms with Crippen LogP contribution in [-0.2, 0) is 4.79 Å². The number of carboxylic acid groups (broad SMARTS) is 1. The van der Waals surface area contributed by atoms with Gasteiger partial charge in [-0.25, -0.2) is 0 Å². The maximum atomic E-state index is 10.5. The Labute approximate surface area is 117 Å². The van der Waals surface area contributed by atoms with Crippen LogP contribution in [0, 0.1) is 11.8 Å². The van der Waals surface area contributed by atoms with Crippen LogP contribution in [-0.4, -0.2) is 24.2 Å². The SMILES string of the molecule is C=CCC(CC=C)CC[NH2+]CC(C)CC(=O)O.[Cl-]. The van der Waals surface area contributed by atoms with Gasteiger partial charge in [0.15, 0.2) is 0 Å². The van der Waals surface area contributed by atoms with Crippen LogP contribution in [0.5, 0.6) is 0 Å². The predicted octanol–water partition coefficient (Wildman–Crippen LogP) is -1.18. The number of nitrogens with two attached hydrogens (primary N) is 1. The standard InChI is InChI=1S/C14H25NO2.ClH/c1-4-6-13(7-5-2)8-9-15-11-12(3)10-14(16)17;/h4-5,12-13,15H,1-2,6-11H2,3H3,(H,16,17);1H. The fourth-order valence-electron chi connectivity index (χ4n) is 1.94. The largest absolute Gasteiger partial charge is 1.00 e. The van der Waals surface area contributed by atoms with Gasteiger partial charge < -0.3 is 22.8 Å². The maximum absolute atomic E-state index is 10.5. The zero-order valence-electron chi connectivity index (χ0n) is 11.3. The van der Waals surface area contributed by atoms with Gasteiger partial charge in [0.25, 0.3) is 0 Å². The van der Waals surface area contributed by atoms with E-state index in [1.807, 2.05) is 19.1 Å². The number of halogens is 1. The number of hydrogen-bond donors (Lipinski definition) is 2. The molecule has 1 unspecified atom stereocenters. The summed E-state index contributed by atoms with van der Waals surface area (Å²) in [5.41, 5.74) is 0. The molecule has 18 heavy (non-hydrogen) atoms. The van der Waals surface area contributed by atoms with Gasteiger partial charge in [-0.3, -0.25) is 4.79 Å². The van der Waals surface area contributed by atoms with E-state index in [-0.39, 0.29) is 24.7 Å². The number of carboxylic acids is 1.